The molecule has 3 rings (SSSR count). The van der Waals surface area contributed by atoms with E-state index >= 15 is 0 Å². The van der Waals surface area contributed by atoms with E-state index in [9.17, 15) is 44.6 Å². The molecule has 12 heteroatoms. The highest BCUT2D eigenvalue weighted by molar-refractivity contribution is 5.52. The zero-order chi connectivity index (χ0) is 26.7. The number of alkyl halides is 8. The second-order valence-corrected chi connectivity index (χ2v) is 7.76. The molecule has 0 heterocycles. The van der Waals surface area contributed by atoms with E-state index in [4.69, 9.17) is 4.74 Å². The Morgan fingerprint density at radius 1 is 0.778 bits per heavy atom. The van der Waals surface area contributed by atoms with Crippen LogP contribution in [0.4, 0.5) is 45.2 Å². The van der Waals surface area contributed by atoms with E-state index in [0.29, 0.717) is 12.1 Å². The molecule has 0 aromatic heterocycles. The molecule has 0 aliphatic carbocycles. The highest BCUT2D eigenvalue weighted by Crippen LogP contribution is 2.44. The summed E-state index contributed by atoms with van der Waals surface area (Å²) in [5.74, 6) is -5.38. The standard InChI is InChI=1S/C24H18F9NO2/c25-17-7-9-19(10-8-17)36-20-6-2-5-18(12-20)34(14-21(35)23(28,29)30)13-15-3-1-4-16(11-15)22(26,27)24(31,32)33/h1-12,21,35H,13-14H2. The van der Waals surface area contributed by atoms with Crippen molar-refractivity contribution < 1.29 is 49.4 Å². The minimum atomic E-state index is -5.87. The fraction of sp³-hybridized carbons (Fsp3) is 0.250. The van der Waals surface area contributed by atoms with Gasteiger partial charge in [0.15, 0.2) is 6.10 Å². The van der Waals surface area contributed by atoms with Gasteiger partial charge in [-0.15, -0.1) is 0 Å². The van der Waals surface area contributed by atoms with Crippen molar-refractivity contribution in [2.75, 3.05) is 11.4 Å². The van der Waals surface area contributed by atoms with Crippen molar-refractivity contribution in [2.24, 2.45) is 0 Å². The summed E-state index contributed by atoms with van der Waals surface area (Å²) >= 11 is 0. The van der Waals surface area contributed by atoms with Crippen LogP contribution in [0.15, 0.2) is 72.8 Å². The summed E-state index contributed by atoms with van der Waals surface area (Å²) in [7, 11) is 0. The molecule has 0 fully saturated rings. The van der Waals surface area contributed by atoms with Crippen LogP contribution in [0.3, 0.4) is 0 Å². The van der Waals surface area contributed by atoms with E-state index in [1.165, 1.54) is 42.5 Å². The fourth-order valence-corrected chi connectivity index (χ4v) is 3.20. The van der Waals surface area contributed by atoms with E-state index in [1.54, 1.807) is 0 Å². The second kappa shape index (κ2) is 10.3. The van der Waals surface area contributed by atoms with Crippen molar-refractivity contribution in [1.82, 2.24) is 0 Å². The van der Waals surface area contributed by atoms with Crippen molar-refractivity contribution in [1.29, 1.82) is 0 Å². The molecule has 0 saturated heterocycles. The van der Waals surface area contributed by atoms with Crippen LogP contribution in [0.1, 0.15) is 11.1 Å². The summed E-state index contributed by atoms with van der Waals surface area (Å²) in [5, 5.41) is 9.61. The van der Waals surface area contributed by atoms with E-state index in [1.807, 2.05) is 0 Å². The third-order valence-corrected chi connectivity index (χ3v) is 5.02. The Balaban J connectivity index is 1.93. The number of aliphatic hydroxyl groups excluding tert-OH is 1. The molecule has 3 nitrogen and oxygen atoms in total. The summed E-state index contributed by atoms with van der Waals surface area (Å²) in [4.78, 5) is 0.959. The highest BCUT2D eigenvalue weighted by atomic mass is 19.4. The largest absolute Gasteiger partial charge is 0.458 e. The average Bonchev–Trinajstić information content (AvgIpc) is 2.79. The Kier molecular flexibility index (Phi) is 7.77. The molecular formula is C24H18F9NO2. The number of benzene rings is 3. The van der Waals surface area contributed by atoms with Gasteiger partial charge in [-0.1, -0.05) is 24.3 Å². The van der Waals surface area contributed by atoms with E-state index in [0.717, 1.165) is 23.1 Å². The van der Waals surface area contributed by atoms with Gasteiger partial charge in [0.1, 0.15) is 17.3 Å². The Morgan fingerprint density at radius 2 is 1.42 bits per heavy atom. The first-order valence-corrected chi connectivity index (χ1v) is 10.2. The molecule has 1 N–H and O–H groups in total. The van der Waals surface area contributed by atoms with Gasteiger partial charge in [-0.2, -0.15) is 35.1 Å². The smallest absolute Gasteiger partial charge is 0.457 e. The number of halogens is 9. The zero-order valence-corrected chi connectivity index (χ0v) is 18.1. The average molecular weight is 523 g/mol. The van der Waals surface area contributed by atoms with Gasteiger partial charge in [0.25, 0.3) is 0 Å². The SMILES string of the molecule is OC(CN(Cc1cccc(C(F)(F)C(F)(F)F)c1)c1cccc(Oc2ccc(F)cc2)c1)C(F)(F)F. The maximum atomic E-state index is 13.8. The minimum Gasteiger partial charge on any atom is -0.457 e. The van der Waals surface area contributed by atoms with Crippen LogP contribution in [-0.4, -0.2) is 30.1 Å². The molecule has 0 saturated carbocycles. The Bertz CT molecular complexity index is 1160. The van der Waals surface area contributed by atoms with Crippen LogP contribution in [-0.2, 0) is 12.5 Å². The summed E-state index contributed by atoms with van der Waals surface area (Å²) in [5.41, 5.74) is -1.49. The molecule has 194 valence electrons. The minimum absolute atomic E-state index is 0.0471. The van der Waals surface area contributed by atoms with Crippen molar-refractivity contribution >= 4 is 5.69 Å². The number of hydrogen-bond acceptors (Lipinski definition) is 3. The number of ether oxygens (including phenoxy) is 1. The van der Waals surface area contributed by atoms with Crippen LogP contribution in [0.25, 0.3) is 0 Å². The molecule has 36 heavy (non-hydrogen) atoms. The van der Waals surface area contributed by atoms with E-state index in [2.05, 4.69) is 0 Å². The summed E-state index contributed by atoms with van der Waals surface area (Å²) in [6.07, 6.45) is -13.7. The lowest BCUT2D eigenvalue weighted by atomic mass is 10.0. The second-order valence-electron chi connectivity index (χ2n) is 7.76. The number of nitrogens with zero attached hydrogens (tertiary/aromatic N) is 1. The summed E-state index contributed by atoms with van der Waals surface area (Å²) in [6.45, 7) is -1.60. The molecule has 0 radical (unpaired) electrons. The van der Waals surface area contributed by atoms with Gasteiger partial charge in [0, 0.05) is 23.9 Å². The lowest BCUT2D eigenvalue weighted by molar-refractivity contribution is -0.289. The normalized spacial score (nSPS) is 13.4. The van der Waals surface area contributed by atoms with Crippen molar-refractivity contribution in [3.05, 3.63) is 89.7 Å². The Labute approximate surface area is 199 Å². The Hall–Kier alpha value is -3.41. The van der Waals surface area contributed by atoms with Crippen LogP contribution in [0.5, 0.6) is 11.5 Å². The van der Waals surface area contributed by atoms with Crippen LogP contribution < -0.4 is 9.64 Å². The van der Waals surface area contributed by atoms with Gasteiger partial charge in [-0.05, 0) is 48.0 Å². The zero-order valence-electron chi connectivity index (χ0n) is 18.1. The van der Waals surface area contributed by atoms with Crippen molar-refractivity contribution in [2.45, 2.75) is 30.9 Å². The summed E-state index contributed by atoms with van der Waals surface area (Å²) < 4.78 is 124. The predicted molar refractivity (Wildman–Crippen MR) is 112 cm³/mol. The van der Waals surface area contributed by atoms with Gasteiger partial charge in [-0.3, -0.25) is 0 Å². The molecule has 3 aromatic carbocycles. The van der Waals surface area contributed by atoms with Crippen LogP contribution in [0.2, 0.25) is 0 Å². The molecule has 1 unspecified atom stereocenters. The van der Waals surface area contributed by atoms with Gasteiger partial charge < -0.3 is 14.7 Å². The van der Waals surface area contributed by atoms with Crippen molar-refractivity contribution in [3.63, 3.8) is 0 Å². The number of anilines is 1. The summed E-state index contributed by atoms with van der Waals surface area (Å²) in [6, 6.07) is 13.5. The van der Waals surface area contributed by atoms with Gasteiger partial charge in [0.05, 0.1) is 6.54 Å². The van der Waals surface area contributed by atoms with Gasteiger partial charge in [-0.25, -0.2) is 4.39 Å². The molecule has 0 amide bonds. The maximum absolute atomic E-state index is 13.8. The van der Waals surface area contributed by atoms with E-state index < -0.39 is 48.8 Å². The molecule has 0 aliphatic heterocycles. The predicted octanol–water partition coefficient (Wildman–Crippen LogP) is 7.20. The molecule has 0 bridgehead atoms. The third kappa shape index (κ3) is 6.62. The van der Waals surface area contributed by atoms with Gasteiger partial charge >= 0.3 is 18.3 Å². The fourth-order valence-electron chi connectivity index (χ4n) is 3.20. The van der Waals surface area contributed by atoms with Crippen molar-refractivity contribution in [3.8, 4) is 11.5 Å². The first kappa shape index (κ1) is 27.2. The molecule has 3 aromatic rings. The number of aliphatic hydroxyl groups is 1. The molecular weight excluding hydrogens is 505 g/mol. The number of hydrogen-bond donors (Lipinski definition) is 1. The van der Waals surface area contributed by atoms with Gasteiger partial charge in [0.2, 0.25) is 0 Å². The van der Waals surface area contributed by atoms with E-state index in [-0.39, 0.29) is 22.7 Å². The molecule has 0 spiro atoms. The monoisotopic (exact) mass is 523 g/mol. The first-order valence-electron chi connectivity index (χ1n) is 10.2. The first-order chi connectivity index (χ1) is 16.7. The molecule has 1 atom stereocenters. The lowest BCUT2D eigenvalue weighted by Crippen LogP contribution is -2.41. The lowest BCUT2D eigenvalue weighted by Gasteiger charge is -2.29. The quantitative estimate of drug-likeness (QED) is 0.317. The van der Waals surface area contributed by atoms with Crippen LogP contribution in [0, 0.1) is 5.82 Å². The highest BCUT2D eigenvalue weighted by Gasteiger charge is 2.58. The molecule has 0 aliphatic rings. The maximum Gasteiger partial charge on any atom is 0.458 e. The third-order valence-electron chi connectivity index (χ3n) is 5.02. The topological polar surface area (TPSA) is 32.7 Å². The Morgan fingerprint density at radius 3 is 2.03 bits per heavy atom. The van der Waals surface area contributed by atoms with Crippen LogP contribution >= 0.6 is 0 Å². The number of rotatable bonds is 8.